The maximum atomic E-state index is 12.5. The molecule has 0 unspecified atom stereocenters. The lowest BCUT2D eigenvalue weighted by molar-refractivity contribution is 0.0615. The number of rotatable bonds is 4. The summed E-state index contributed by atoms with van der Waals surface area (Å²) in [6, 6.07) is 7.02. The first kappa shape index (κ1) is 16.9. The van der Waals surface area contributed by atoms with Gasteiger partial charge in [-0.25, -0.2) is 0 Å². The van der Waals surface area contributed by atoms with Gasteiger partial charge in [-0.1, -0.05) is 30.6 Å². The van der Waals surface area contributed by atoms with E-state index < -0.39 is 0 Å². The average Bonchev–Trinajstić information content (AvgIpc) is 3.04. The Kier molecular flexibility index (Phi) is 5.16. The maximum absolute atomic E-state index is 12.5. The molecule has 0 saturated carbocycles. The van der Waals surface area contributed by atoms with E-state index in [4.69, 9.17) is 16.1 Å². The summed E-state index contributed by atoms with van der Waals surface area (Å²) in [6.45, 7) is 7.66. The van der Waals surface area contributed by atoms with Gasteiger partial charge in [0.2, 0.25) is 5.89 Å². The van der Waals surface area contributed by atoms with Crippen LogP contribution in [0.5, 0.6) is 0 Å². The van der Waals surface area contributed by atoms with E-state index in [1.54, 1.807) is 24.3 Å². The number of nitrogens with zero attached hydrogens (tertiary/aromatic N) is 4. The molecule has 24 heavy (non-hydrogen) atoms. The molecule has 2 aromatic rings. The minimum absolute atomic E-state index is 0.0474. The van der Waals surface area contributed by atoms with Gasteiger partial charge in [-0.15, -0.1) is 0 Å². The van der Waals surface area contributed by atoms with Crippen molar-refractivity contribution in [2.75, 3.05) is 26.2 Å². The van der Waals surface area contributed by atoms with E-state index in [1.165, 1.54) is 0 Å². The Morgan fingerprint density at radius 3 is 2.46 bits per heavy atom. The van der Waals surface area contributed by atoms with E-state index in [1.807, 2.05) is 18.7 Å². The van der Waals surface area contributed by atoms with E-state index in [2.05, 4.69) is 15.0 Å². The molecule has 2 heterocycles. The smallest absolute Gasteiger partial charge is 0.253 e. The van der Waals surface area contributed by atoms with Gasteiger partial charge in [0.15, 0.2) is 5.82 Å². The van der Waals surface area contributed by atoms with E-state index in [9.17, 15) is 4.79 Å². The molecule has 0 N–H and O–H groups in total. The van der Waals surface area contributed by atoms with Crippen LogP contribution in [0, 0.1) is 0 Å². The van der Waals surface area contributed by atoms with Crippen molar-refractivity contribution in [3.63, 3.8) is 0 Å². The largest absolute Gasteiger partial charge is 0.338 e. The highest BCUT2D eigenvalue weighted by molar-refractivity contribution is 6.30. The molecular formula is C17H21ClN4O2. The molecule has 1 aromatic carbocycles. The zero-order valence-electron chi connectivity index (χ0n) is 13.9. The number of carbonyl (C=O) groups is 1. The van der Waals surface area contributed by atoms with Gasteiger partial charge in [-0.2, -0.15) is 4.98 Å². The van der Waals surface area contributed by atoms with E-state index in [0.717, 1.165) is 18.9 Å². The molecule has 1 amide bonds. The van der Waals surface area contributed by atoms with Crippen LogP contribution in [-0.2, 0) is 6.54 Å². The first-order chi connectivity index (χ1) is 11.5. The number of amides is 1. The number of hydrogen-bond donors (Lipinski definition) is 0. The zero-order chi connectivity index (χ0) is 17.1. The molecule has 0 bridgehead atoms. The lowest BCUT2D eigenvalue weighted by Gasteiger charge is -2.34. The number of hydrogen-bond acceptors (Lipinski definition) is 5. The van der Waals surface area contributed by atoms with Crippen molar-refractivity contribution in [2.45, 2.75) is 26.3 Å². The van der Waals surface area contributed by atoms with Crippen molar-refractivity contribution < 1.29 is 9.32 Å². The molecule has 0 spiro atoms. The van der Waals surface area contributed by atoms with Gasteiger partial charge in [-0.05, 0) is 24.3 Å². The molecule has 0 atom stereocenters. The van der Waals surface area contributed by atoms with Crippen LogP contribution in [0.4, 0.5) is 0 Å². The Morgan fingerprint density at radius 1 is 1.21 bits per heavy atom. The lowest BCUT2D eigenvalue weighted by Crippen LogP contribution is -2.48. The van der Waals surface area contributed by atoms with Gasteiger partial charge < -0.3 is 9.42 Å². The Bertz CT molecular complexity index is 691. The molecule has 0 aliphatic carbocycles. The third-order valence-corrected chi connectivity index (χ3v) is 4.36. The fourth-order valence-electron chi connectivity index (χ4n) is 2.64. The second-order valence-electron chi connectivity index (χ2n) is 6.28. The van der Waals surface area contributed by atoms with Gasteiger partial charge in [-0.3, -0.25) is 9.69 Å². The second-order valence-corrected chi connectivity index (χ2v) is 6.71. The molecule has 6 nitrogen and oxygen atoms in total. The molecular weight excluding hydrogens is 328 g/mol. The summed E-state index contributed by atoms with van der Waals surface area (Å²) in [5.41, 5.74) is 0.673. The lowest BCUT2D eigenvalue weighted by atomic mass is 10.2. The number of benzene rings is 1. The molecule has 1 saturated heterocycles. The Labute approximate surface area is 146 Å². The average molecular weight is 349 g/mol. The summed E-state index contributed by atoms with van der Waals surface area (Å²) >= 11 is 5.87. The summed E-state index contributed by atoms with van der Waals surface area (Å²) < 4.78 is 5.29. The predicted molar refractivity (Wildman–Crippen MR) is 91.0 cm³/mol. The standard InChI is InChI=1S/C17H21ClN4O2/c1-12(2)16-19-15(24-20-16)11-21-7-9-22(10-8-21)17(23)13-3-5-14(18)6-4-13/h3-6,12H,7-11H2,1-2H3. The second kappa shape index (κ2) is 7.32. The Hall–Kier alpha value is -1.92. The SMILES string of the molecule is CC(C)c1noc(CN2CCN(C(=O)c3ccc(Cl)cc3)CC2)n1. The molecule has 7 heteroatoms. The van der Waals surface area contributed by atoms with Crippen LogP contribution >= 0.6 is 11.6 Å². The van der Waals surface area contributed by atoms with Crippen LogP contribution in [0.2, 0.25) is 5.02 Å². The first-order valence-electron chi connectivity index (χ1n) is 8.12. The molecule has 1 aliphatic rings. The van der Waals surface area contributed by atoms with Crippen LogP contribution in [0.1, 0.15) is 41.8 Å². The van der Waals surface area contributed by atoms with Gasteiger partial charge in [0.1, 0.15) is 0 Å². The van der Waals surface area contributed by atoms with Gasteiger partial charge >= 0.3 is 0 Å². The highest BCUT2D eigenvalue weighted by Crippen LogP contribution is 2.15. The van der Waals surface area contributed by atoms with Gasteiger partial charge in [0.25, 0.3) is 5.91 Å². The van der Waals surface area contributed by atoms with Crippen molar-refractivity contribution in [3.8, 4) is 0 Å². The maximum Gasteiger partial charge on any atom is 0.253 e. The Balaban J connectivity index is 1.53. The summed E-state index contributed by atoms with van der Waals surface area (Å²) in [5.74, 6) is 1.68. The normalized spacial score (nSPS) is 15.9. The summed E-state index contributed by atoms with van der Waals surface area (Å²) in [6.07, 6.45) is 0. The van der Waals surface area contributed by atoms with Crippen molar-refractivity contribution in [2.24, 2.45) is 0 Å². The van der Waals surface area contributed by atoms with E-state index in [0.29, 0.717) is 36.1 Å². The Morgan fingerprint density at radius 2 is 1.88 bits per heavy atom. The fourth-order valence-corrected chi connectivity index (χ4v) is 2.77. The highest BCUT2D eigenvalue weighted by atomic mass is 35.5. The predicted octanol–water partition coefficient (Wildman–Crippen LogP) is 2.80. The van der Waals surface area contributed by atoms with Gasteiger partial charge in [0.05, 0.1) is 6.54 Å². The molecule has 128 valence electrons. The van der Waals surface area contributed by atoms with Crippen LogP contribution < -0.4 is 0 Å². The van der Waals surface area contributed by atoms with E-state index >= 15 is 0 Å². The van der Waals surface area contributed by atoms with Crippen molar-refractivity contribution >= 4 is 17.5 Å². The minimum atomic E-state index is 0.0474. The van der Waals surface area contributed by atoms with Crippen molar-refractivity contribution in [3.05, 3.63) is 46.6 Å². The number of halogens is 1. The third kappa shape index (κ3) is 3.94. The van der Waals surface area contributed by atoms with Crippen LogP contribution in [-0.4, -0.2) is 52.0 Å². The summed E-state index contributed by atoms with van der Waals surface area (Å²) in [5, 5.41) is 4.62. The number of piperazine rings is 1. The van der Waals surface area contributed by atoms with Crippen LogP contribution in [0.15, 0.2) is 28.8 Å². The van der Waals surface area contributed by atoms with Crippen LogP contribution in [0.25, 0.3) is 0 Å². The molecule has 3 rings (SSSR count). The monoisotopic (exact) mass is 348 g/mol. The fraction of sp³-hybridized carbons (Fsp3) is 0.471. The van der Waals surface area contributed by atoms with Gasteiger partial charge in [0, 0.05) is 42.7 Å². The molecule has 1 aromatic heterocycles. The number of carbonyl (C=O) groups excluding carboxylic acids is 1. The third-order valence-electron chi connectivity index (χ3n) is 4.11. The summed E-state index contributed by atoms with van der Waals surface area (Å²) in [4.78, 5) is 21.0. The number of aromatic nitrogens is 2. The van der Waals surface area contributed by atoms with Crippen molar-refractivity contribution in [1.29, 1.82) is 0 Å². The molecule has 1 fully saturated rings. The van der Waals surface area contributed by atoms with Crippen LogP contribution in [0.3, 0.4) is 0 Å². The first-order valence-corrected chi connectivity index (χ1v) is 8.50. The minimum Gasteiger partial charge on any atom is -0.338 e. The topological polar surface area (TPSA) is 62.5 Å². The molecule has 0 radical (unpaired) electrons. The quantitative estimate of drug-likeness (QED) is 0.850. The van der Waals surface area contributed by atoms with Crippen molar-refractivity contribution in [1.82, 2.24) is 19.9 Å². The summed E-state index contributed by atoms with van der Waals surface area (Å²) in [7, 11) is 0. The zero-order valence-corrected chi connectivity index (χ0v) is 14.7. The highest BCUT2D eigenvalue weighted by Gasteiger charge is 2.23. The van der Waals surface area contributed by atoms with E-state index in [-0.39, 0.29) is 11.8 Å². The molecule has 1 aliphatic heterocycles.